The van der Waals surface area contributed by atoms with Crippen molar-refractivity contribution in [3.8, 4) is 0 Å². The summed E-state index contributed by atoms with van der Waals surface area (Å²) in [4.78, 5) is 42.2. The number of benzene rings is 2. The first-order valence-electron chi connectivity index (χ1n) is 8.53. The largest absolute Gasteiger partial charge is 0.380 e. The summed E-state index contributed by atoms with van der Waals surface area (Å²) in [7, 11) is 0. The number of imide groups is 1. The van der Waals surface area contributed by atoms with Gasteiger partial charge in [0.2, 0.25) is 0 Å². The molecule has 7 nitrogen and oxygen atoms in total. The van der Waals surface area contributed by atoms with Crippen molar-refractivity contribution in [3.05, 3.63) is 70.8 Å². The molecule has 0 atom stereocenters. The SMILES string of the molecule is Cc1ccc(/C(N)=N\OC(=O)CCCN2C(=O)c3ccccc3C2=O)cc1. The second kappa shape index (κ2) is 7.82. The van der Waals surface area contributed by atoms with E-state index >= 15 is 0 Å². The number of oxime groups is 1. The molecule has 7 heteroatoms. The molecule has 0 saturated carbocycles. The van der Waals surface area contributed by atoms with Gasteiger partial charge in [-0.1, -0.05) is 47.1 Å². The fourth-order valence-corrected chi connectivity index (χ4v) is 2.75. The van der Waals surface area contributed by atoms with Crippen LogP contribution in [0, 0.1) is 6.92 Å². The third-order valence-corrected chi connectivity index (χ3v) is 4.23. The maximum absolute atomic E-state index is 12.2. The number of hydrogen-bond donors (Lipinski definition) is 1. The summed E-state index contributed by atoms with van der Waals surface area (Å²) in [5, 5.41) is 3.63. The summed E-state index contributed by atoms with van der Waals surface area (Å²) < 4.78 is 0. The van der Waals surface area contributed by atoms with Crippen LogP contribution in [0.25, 0.3) is 0 Å². The lowest BCUT2D eigenvalue weighted by atomic mass is 10.1. The third kappa shape index (κ3) is 4.03. The Labute approximate surface area is 156 Å². The Kier molecular flexibility index (Phi) is 5.30. The third-order valence-electron chi connectivity index (χ3n) is 4.23. The van der Waals surface area contributed by atoms with Crippen LogP contribution in [0.5, 0.6) is 0 Å². The zero-order valence-electron chi connectivity index (χ0n) is 14.8. The highest BCUT2D eigenvalue weighted by atomic mass is 16.7. The van der Waals surface area contributed by atoms with E-state index in [-0.39, 0.29) is 37.0 Å². The Hall–Kier alpha value is -3.48. The van der Waals surface area contributed by atoms with Gasteiger partial charge in [-0.15, -0.1) is 0 Å². The number of nitrogens with zero attached hydrogens (tertiary/aromatic N) is 2. The molecule has 138 valence electrons. The van der Waals surface area contributed by atoms with E-state index in [0.717, 1.165) is 10.5 Å². The van der Waals surface area contributed by atoms with Crippen LogP contribution in [0.2, 0.25) is 0 Å². The molecule has 1 aliphatic rings. The summed E-state index contributed by atoms with van der Waals surface area (Å²) in [5.74, 6) is -1.17. The van der Waals surface area contributed by atoms with Gasteiger partial charge in [-0.3, -0.25) is 14.5 Å². The van der Waals surface area contributed by atoms with Gasteiger partial charge < -0.3 is 10.6 Å². The highest BCUT2D eigenvalue weighted by Crippen LogP contribution is 2.22. The first kappa shape index (κ1) is 18.3. The minimum Gasteiger partial charge on any atom is -0.380 e. The molecule has 2 aromatic carbocycles. The number of amidine groups is 1. The van der Waals surface area contributed by atoms with E-state index in [1.807, 2.05) is 19.1 Å². The van der Waals surface area contributed by atoms with Gasteiger partial charge >= 0.3 is 5.97 Å². The molecule has 0 bridgehead atoms. The Morgan fingerprint density at radius 3 is 2.22 bits per heavy atom. The average molecular weight is 365 g/mol. The van der Waals surface area contributed by atoms with Gasteiger partial charge in [-0.25, -0.2) is 4.79 Å². The Bertz CT molecular complexity index is 884. The predicted molar refractivity (Wildman–Crippen MR) is 99.0 cm³/mol. The van der Waals surface area contributed by atoms with E-state index in [4.69, 9.17) is 10.6 Å². The van der Waals surface area contributed by atoms with Crippen LogP contribution >= 0.6 is 0 Å². The molecule has 2 amide bonds. The quantitative estimate of drug-likeness (QED) is 0.278. The van der Waals surface area contributed by atoms with E-state index in [9.17, 15) is 14.4 Å². The van der Waals surface area contributed by atoms with Gasteiger partial charge in [0.15, 0.2) is 5.84 Å². The normalized spacial score (nSPS) is 13.7. The standard InChI is InChI=1S/C20H19N3O4/c1-13-8-10-14(11-9-13)18(21)22-27-17(24)7-4-12-23-19(25)15-5-2-3-6-16(15)20(23)26/h2-3,5-6,8-11H,4,7,12H2,1H3,(H2,21,22). The topological polar surface area (TPSA) is 102 Å². The molecule has 0 spiro atoms. The van der Waals surface area contributed by atoms with Crippen LogP contribution in [0.3, 0.4) is 0 Å². The monoisotopic (exact) mass is 365 g/mol. The first-order chi connectivity index (χ1) is 13.0. The van der Waals surface area contributed by atoms with E-state index in [1.54, 1.807) is 36.4 Å². The molecule has 1 aliphatic heterocycles. The zero-order valence-corrected chi connectivity index (χ0v) is 14.8. The Balaban J connectivity index is 1.49. The molecule has 0 unspecified atom stereocenters. The van der Waals surface area contributed by atoms with Crippen molar-refractivity contribution in [2.45, 2.75) is 19.8 Å². The molecule has 2 aromatic rings. The second-order valence-electron chi connectivity index (χ2n) is 6.22. The molecular weight excluding hydrogens is 346 g/mol. The summed E-state index contributed by atoms with van der Waals surface area (Å²) in [6.07, 6.45) is 0.294. The van der Waals surface area contributed by atoms with Gasteiger partial charge in [0, 0.05) is 18.5 Å². The van der Waals surface area contributed by atoms with E-state index in [1.165, 1.54) is 0 Å². The van der Waals surface area contributed by atoms with Crippen LogP contribution in [-0.2, 0) is 9.63 Å². The number of aryl methyl sites for hydroxylation is 1. The Morgan fingerprint density at radius 2 is 1.63 bits per heavy atom. The number of nitrogens with two attached hydrogens (primary N) is 1. The van der Waals surface area contributed by atoms with Crippen LogP contribution in [0.4, 0.5) is 0 Å². The first-order valence-corrected chi connectivity index (χ1v) is 8.53. The smallest absolute Gasteiger partial charge is 0.335 e. The Morgan fingerprint density at radius 1 is 1.04 bits per heavy atom. The van der Waals surface area contributed by atoms with Crippen molar-refractivity contribution in [2.75, 3.05) is 6.54 Å². The number of hydrogen-bond acceptors (Lipinski definition) is 5. The fraction of sp³-hybridized carbons (Fsp3) is 0.200. The molecule has 3 rings (SSSR count). The van der Waals surface area contributed by atoms with Crippen molar-refractivity contribution < 1.29 is 19.2 Å². The summed E-state index contributed by atoms with van der Waals surface area (Å²) in [6.45, 7) is 2.09. The molecule has 2 N–H and O–H groups in total. The van der Waals surface area contributed by atoms with E-state index in [2.05, 4.69) is 5.16 Å². The van der Waals surface area contributed by atoms with Crippen molar-refractivity contribution in [2.24, 2.45) is 10.9 Å². The van der Waals surface area contributed by atoms with Crippen molar-refractivity contribution >= 4 is 23.6 Å². The molecule has 0 saturated heterocycles. The molecule has 0 radical (unpaired) electrons. The van der Waals surface area contributed by atoms with Crippen molar-refractivity contribution in [1.82, 2.24) is 4.90 Å². The maximum Gasteiger partial charge on any atom is 0.335 e. The summed E-state index contributed by atoms with van der Waals surface area (Å²) in [5.41, 5.74) is 8.29. The number of rotatable bonds is 6. The van der Waals surface area contributed by atoms with Gasteiger partial charge in [-0.2, -0.15) is 0 Å². The van der Waals surface area contributed by atoms with Gasteiger partial charge in [-0.05, 0) is 25.5 Å². The molecule has 0 aromatic heterocycles. The van der Waals surface area contributed by atoms with Crippen LogP contribution in [-0.4, -0.2) is 35.1 Å². The second-order valence-corrected chi connectivity index (χ2v) is 6.22. The van der Waals surface area contributed by atoms with Crippen LogP contribution < -0.4 is 5.73 Å². The average Bonchev–Trinajstić information content (AvgIpc) is 2.92. The molecular formula is C20H19N3O4. The zero-order chi connectivity index (χ0) is 19.4. The van der Waals surface area contributed by atoms with Crippen molar-refractivity contribution in [3.63, 3.8) is 0 Å². The lowest BCUT2D eigenvalue weighted by Gasteiger charge is -2.12. The van der Waals surface area contributed by atoms with Crippen LogP contribution in [0.15, 0.2) is 53.7 Å². The lowest BCUT2D eigenvalue weighted by molar-refractivity contribution is -0.143. The minimum absolute atomic E-state index is 0.0120. The van der Waals surface area contributed by atoms with E-state index in [0.29, 0.717) is 16.7 Å². The van der Waals surface area contributed by atoms with Gasteiger partial charge in [0.1, 0.15) is 0 Å². The number of fused-ring (bicyclic) bond motifs is 1. The van der Waals surface area contributed by atoms with E-state index < -0.39 is 5.97 Å². The van der Waals surface area contributed by atoms with Crippen molar-refractivity contribution in [1.29, 1.82) is 0 Å². The lowest BCUT2D eigenvalue weighted by Crippen LogP contribution is -2.31. The van der Waals surface area contributed by atoms with Gasteiger partial charge in [0.05, 0.1) is 11.1 Å². The minimum atomic E-state index is -0.582. The predicted octanol–water partition coefficient (Wildman–Crippen LogP) is 2.23. The summed E-state index contributed by atoms with van der Waals surface area (Å²) >= 11 is 0. The molecule has 27 heavy (non-hydrogen) atoms. The molecule has 0 aliphatic carbocycles. The number of amides is 2. The highest BCUT2D eigenvalue weighted by Gasteiger charge is 2.34. The molecule has 0 fully saturated rings. The highest BCUT2D eigenvalue weighted by molar-refractivity contribution is 6.21. The number of carbonyl (C=O) groups is 3. The summed E-state index contributed by atoms with van der Waals surface area (Å²) in [6, 6.07) is 14.0. The molecule has 1 heterocycles. The maximum atomic E-state index is 12.2. The fourth-order valence-electron chi connectivity index (χ4n) is 2.75. The number of carbonyl (C=O) groups excluding carboxylic acids is 3. The van der Waals surface area contributed by atoms with Gasteiger partial charge in [0.25, 0.3) is 11.8 Å². The van der Waals surface area contributed by atoms with Crippen LogP contribution in [0.1, 0.15) is 44.7 Å².